The van der Waals surface area contributed by atoms with E-state index in [9.17, 15) is 4.79 Å². The lowest BCUT2D eigenvalue weighted by Crippen LogP contribution is -2.39. The summed E-state index contributed by atoms with van der Waals surface area (Å²) in [6.45, 7) is 1.94. The molecule has 8 heteroatoms. The first-order valence-corrected chi connectivity index (χ1v) is 6.76. The van der Waals surface area contributed by atoms with Gasteiger partial charge in [-0.1, -0.05) is 23.7 Å². The van der Waals surface area contributed by atoms with Crippen LogP contribution in [-0.2, 0) is 16.1 Å². The van der Waals surface area contributed by atoms with Crippen LogP contribution in [0, 0.1) is 0 Å². The van der Waals surface area contributed by atoms with Crippen LogP contribution < -0.4 is 5.32 Å². The molecule has 2 rings (SSSR count). The van der Waals surface area contributed by atoms with E-state index in [2.05, 4.69) is 20.8 Å². The zero-order valence-electron chi connectivity index (χ0n) is 11.7. The number of aromatic nitrogens is 4. The summed E-state index contributed by atoms with van der Waals surface area (Å²) in [6.07, 6.45) is 1.12. The summed E-state index contributed by atoms with van der Waals surface area (Å²) in [5.41, 5.74) is 0.942. The van der Waals surface area contributed by atoms with E-state index >= 15 is 0 Å². The highest BCUT2D eigenvalue weighted by atomic mass is 35.5. The summed E-state index contributed by atoms with van der Waals surface area (Å²) in [5, 5.41) is 14.1. The van der Waals surface area contributed by atoms with Crippen molar-refractivity contribution in [2.24, 2.45) is 0 Å². The van der Waals surface area contributed by atoms with Crippen molar-refractivity contribution in [3.8, 4) is 0 Å². The van der Waals surface area contributed by atoms with Gasteiger partial charge in [-0.05, 0) is 35.0 Å². The van der Waals surface area contributed by atoms with Crippen molar-refractivity contribution in [2.45, 2.75) is 25.6 Å². The molecule has 0 aliphatic carbocycles. The monoisotopic (exact) mass is 309 g/mol. The van der Waals surface area contributed by atoms with E-state index in [4.69, 9.17) is 16.3 Å². The van der Waals surface area contributed by atoms with Crippen LogP contribution in [0.5, 0.6) is 0 Å². The maximum Gasteiger partial charge on any atom is 0.242 e. The van der Waals surface area contributed by atoms with Crippen LogP contribution >= 0.6 is 11.6 Å². The van der Waals surface area contributed by atoms with Crippen molar-refractivity contribution in [1.29, 1.82) is 0 Å². The number of halogens is 1. The lowest BCUT2D eigenvalue weighted by molar-refractivity contribution is -0.123. The Balaban J connectivity index is 1.98. The van der Waals surface area contributed by atoms with Crippen molar-refractivity contribution >= 4 is 17.5 Å². The molecule has 1 aromatic heterocycles. The Morgan fingerprint density at radius 3 is 2.71 bits per heavy atom. The highest BCUT2D eigenvalue weighted by Crippen LogP contribution is 2.22. The summed E-state index contributed by atoms with van der Waals surface area (Å²) in [6, 6.07) is 7.12. The second-order valence-electron chi connectivity index (χ2n) is 4.57. The minimum atomic E-state index is -0.264. The average molecular weight is 310 g/mol. The van der Waals surface area contributed by atoms with E-state index in [0.29, 0.717) is 5.02 Å². The van der Waals surface area contributed by atoms with Gasteiger partial charge in [0.15, 0.2) is 0 Å². The average Bonchev–Trinajstić information content (AvgIpc) is 2.94. The summed E-state index contributed by atoms with van der Waals surface area (Å²) in [7, 11) is 1.60. The number of nitrogens with zero attached hydrogens (tertiary/aromatic N) is 4. The summed E-state index contributed by atoms with van der Waals surface area (Å²) >= 11 is 5.87. The molecule has 1 amide bonds. The van der Waals surface area contributed by atoms with Crippen LogP contribution in [0.4, 0.5) is 0 Å². The second-order valence-corrected chi connectivity index (χ2v) is 5.01. The summed E-state index contributed by atoms with van der Waals surface area (Å²) in [4.78, 5) is 11.9. The van der Waals surface area contributed by atoms with E-state index in [-0.39, 0.29) is 24.6 Å². The molecule has 2 unspecified atom stereocenters. The second kappa shape index (κ2) is 7.14. The van der Waals surface area contributed by atoms with Gasteiger partial charge in [-0.2, -0.15) is 0 Å². The first-order valence-electron chi connectivity index (χ1n) is 6.38. The number of tetrazole rings is 1. The Morgan fingerprint density at radius 2 is 2.14 bits per heavy atom. The fourth-order valence-electron chi connectivity index (χ4n) is 2.06. The Morgan fingerprint density at radius 1 is 1.43 bits per heavy atom. The largest absolute Gasteiger partial charge is 0.375 e. The Hall–Kier alpha value is -1.99. The number of benzene rings is 1. The molecular weight excluding hydrogens is 294 g/mol. The van der Waals surface area contributed by atoms with Crippen LogP contribution in [0.3, 0.4) is 0 Å². The molecule has 2 aromatic rings. The van der Waals surface area contributed by atoms with E-state index < -0.39 is 0 Å². The molecular formula is C13H16ClN5O2. The first-order chi connectivity index (χ1) is 10.1. The number of hydrogen-bond donors (Lipinski definition) is 1. The standard InChI is InChI=1S/C13H16ClN5O2/c1-9(16-12(20)7-19-8-15-17-18-19)13(21-2)10-3-5-11(14)6-4-10/h3-6,8-9,13H,7H2,1-2H3,(H,16,20). The van der Waals surface area contributed by atoms with Crippen LogP contribution in [-0.4, -0.2) is 39.3 Å². The molecule has 2 atom stereocenters. The molecule has 0 spiro atoms. The van der Waals surface area contributed by atoms with Gasteiger partial charge in [0.1, 0.15) is 19.0 Å². The van der Waals surface area contributed by atoms with Gasteiger partial charge in [0.2, 0.25) is 5.91 Å². The maximum absolute atomic E-state index is 11.9. The van der Waals surface area contributed by atoms with Crippen molar-refractivity contribution < 1.29 is 9.53 Å². The third kappa shape index (κ3) is 4.24. The Bertz CT molecular complexity index is 573. The third-order valence-corrected chi connectivity index (χ3v) is 3.24. The van der Waals surface area contributed by atoms with E-state index in [1.807, 2.05) is 19.1 Å². The van der Waals surface area contributed by atoms with E-state index in [1.165, 1.54) is 11.0 Å². The highest BCUT2D eigenvalue weighted by molar-refractivity contribution is 6.30. The van der Waals surface area contributed by atoms with E-state index in [1.54, 1.807) is 19.2 Å². The number of rotatable bonds is 6. The molecule has 21 heavy (non-hydrogen) atoms. The van der Waals surface area contributed by atoms with Gasteiger partial charge in [0, 0.05) is 12.1 Å². The lowest BCUT2D eigenvalue weighted by atomic mass is 10.0. The van der Waals surface area contributed by atoms with Gasteiger partial charge in [-0.25, -0.2) is 4.68 Å². The van der Waals surface area contributed by atoms with Crippen LogP contribution in [0.25, 0.3) is 0 Å². The van der Waals surface area contributed by atoms with Gasteiger partial charge >= 0.3 is 0 Å². The zero-order valence-corrected chi connectivity index (χ0v) is 12.5. The van der Waals surface area contributed by atoms with Gasteiger partial charge < -0.3 is 10.1 Å². The molecule has 7 nitrogen and oxygen atoms in total. The third-order valence-electron chi connectivity index (χ3n) is 2.99. The smallest absolute Gasteiger partial charge is 0.242 e. The highest BCUT2D eigenvalue weighted by Gasteiger charge is 2.20. The molecule has 112 valence electrons. The van der Waals surface area contributed by atoms with Gasteiger partial charge in [0.25, 0.3) is 0 Å². The molecule has 0 aliphatic rings. The predicted octanol–water partition coefficient (Wildman–Crippen LogP) is 1.22. The van der Waals surface area contributed by atoms with Crippen molar-refractivity contribution in [3.05, 3.63) is 41.2 Å². The molecule has 0 aliphatic heterocycles. The number of ether oxygens (including phenoxy) is 1. The molecule has 0 fully saturated rings. The summed E-state index contributed by atoms with van der Waals surface area (Å²) < 4.78 is 6.82. The minimum absolute atomic E-state index is 0.0639. The number of carbonyl (C=O) groups excluding carboxylic acids is 1. The number of nitrogens with one attached hydrogen (secondary N) is 1. The Labute approximate surface area is 127 Å². The fraction of sp³-hybridized carbons (Fsp3) is 0.385. The normalized spacial score (nSPS) is 13.7. The molecule has 1 N–H and O–H groups in total. The maximum atomic E-state index is 11.9. The summed E-state index contributed by atoms with van der Waals surface area (Å²) in [5.74, 6) is -0.189. The fourth-order valence-corrected chi connectivity index (χ4v) is 2.18. The van der Waals surface area contributed by atoms with Crippen LogP contribution in [0.15, 0.2) is 30.6 Å². The van der Waals surface area contributed by atoms with E-state index in [0.717, 1.165) is 5.56 Å². The zero-order chi connectivity index (χ0) is 15.2. The number of methoxy groups -OCH3 is 1. The van der Waals surface area contributed by atoms with Crippen LogP contribution in [0.2, 0.25) is 5.02 Å². The topological polar surface area (TPSA) is 81.9 Å². The molecule has 0 bridgehead atoms. The van der Waals surface area contributed by atoms with Gasteiger partial charge in [-0.3, -0.25) is 4.79 Å². The van der Waals surface area contributed by atoms with Gasteiger partial charge in [0.05, 0.1) is 6.04 Å². The predicted molar refractivity (Wildman–Crippen MR) is 76.6 cm³/mol. The molecule has 0 saturated heterocycles. The minimum Gasteiger partial charge on any atom is -0.375 e. The molecule has 1 aromatic carbocycles. The number of hydrogen-bond acceptors (Lipinski definition) is 5. The Kier molecular flexibility index (Phi) is 5.24. The van der Waals surface area contributed by atoms with Crippen LogP contribution in [0.1, 0.15) is 18.6 Å². The number of amides is 1. The van der Waals surface area contributed by atoms with Crippen molar-refractivity contribution in [3.63, 3.8) is 0 Å². The molecule has 0 saturated carbocycles. The van der Waals surface area contributed by atoms with Gasteiger partial charge in [-0.15, -0.1) is 5.10 Å². The SMILES string of the molecule is COC(c1ccc(Cl)cc1)C(C)NC(=O)Cn1cnnn1. The molecule has 0 radical (unpaired) electrons. The molecule has 1 heterocycles. The lowest BCUT2D eigenvalue weighted by Gasteiger charge is -2.24. The first kappa shape index (κ1) is 15.4. The number of carbonyl (C=O) groups is 1. The quantitative estimate of drug-likeness (QED) is 0.867. The van der Waals surface area contributed by atoms with Crippen molar-refractivity contribution in [1.82, 2.24) is 25.5 Å². The van der Waals surface area contributed by atoms with Crippen molar-refractivity contribution in [2.75, 3.05) is 7.11 Å².